The van der Waals surface area contributed by atoms with Crippen molar-refractivity contribution < 1.29 is 19.4 Å². The number of nitrogens with zero attached hydrogens (tertiary/aromatic N) is 1. The highest BCUT2D eigenvalue weighted by Gasteiger charge is 2.49. The van der Waals surface area contributed by atoms with E-state index in [9.17, 15) is 14.7 Å². The molecular formula is C17H22N2O4. The molecule has 0 aromatic heterocycles. The van der Waals surface area contributed by atoms with E-state index in [1.807, 2.05) is 30.3 Å². The number of piperidine rings is 1. The normalized spacial score (nSPS) is 23.0. The number of carbonyl (C=O) groups is 2. The average Bonchev–Trinajstić information content (AvgIpc) is 2.94. The van der Waals surface area contributed by atoms with Gasteiger partial charge in [0.15, 0.2) is 0 Å². The van der Waals surface area contributed by atoms with Crippen LogP contribution in [0.3, 0.4) is 0 Å². The summed E-state index contributed by atoms with van der Waals surface area (Å²) in [6.45, 7) is 2.38. The van der Waals surface area contributed by atoms with E-state index >= 15 is 0 Å². The third-order valence-electron chi connectivity index (χ3n) is 4.90. The van der Waals surface area contributed by atoms with Gasteiger partial charge < -0.3 is 15.2 Å². The van der Waals surface area contributed by atoms with Crippen LogP contribution in [0.15, 0.2) is 30.3 Å². The third-order valence-corrected chi connectivity index (χ3v) is 4.90. The van der Waals surface area contributed by atoms with Crippen molar-refractivity contribution in [3.05, 3.63) is 35.9 Å². The maximum atomic E-state index is 12.4. The van der Waals surface area contributed by atoms with Crippen LogP contribution in [0.1, 0.15) is 24.8 Å². The zero-order valence-corrected chi connectivity index (χ0v) is 13.0. The Bertz CT molecular complexity index is 569. The van der Waals surface area contributed by atoms with Crippen molar-refractivity contribution in [2.24, 2.45) is 5.41 Å². The lowest BCUT2D eigenvalue weighted by molar-refractivity contribution is -0.141. The van der Waals surface area contributed by atoms with Gasteiger partial charge in [0, 0.05) is 6.54 Å². The topological polar surface area (TPSA) is 78.9 Å². The van der Waals surface area contributed by atoms with Gasteiger partial charge in [0.2, 0.25) is 0 Å². The largest absolute Gasteiger partial charge is 0.480 e. The first-order valence-corrected chi connectivity index (χ1v) is 8.01. The van der Waals surface area contributed by atoms with Crippen LogP contribution in [-0.4, -0.2) is 47.7 Å². The van der Waals surface area contributed by atoms with E-state index in [0.29, 0.717) is 13.0 Å². The first kappa shape index (κ1) is 15.8. The molecule has 6 heteroatoms. The van der Waals surface area contributed by atoms with E-state index in [0.717, 1.165) is 31.5 Å². The van der Waals surface area contributed by atoms with E-state index < -0.39 is 18.1 Å². The maximum Gasteiger partial charge on any atom is 0.410 e. The number of hydrogen-bond acceptors (Lipinski definition) is 4. The minimum atomic E-state index is -0.947. The fourth-order valence-electron chi connectivity index (χ4n) is 3.59. The van der Waals surface area contributed by atoms with Gasteiger partial charge in [-0.15, -0.1) is 0 Å². The summed E-state index contributed by atoms with van der Waals surface area (Å²) in [5.74, 6) is -0.947. The molecule has 0 saturated carbocycles. The molecule has 0 unspecified atom stereocenters. The highest BCUT2D eigenvalue weighted by atomic mass is 16.6. The zero-order chi connectivity index (χ0) is 16.3. The number of hydrogen-bond donors (Lipinski definition) is 2. The molecule has 2 aliphatic heterocycles. The Labute approximate surface area is 135 Å². The van der Waals surface area contributed by atoms with Gasteiger partial charge in [-0.2, -0.15) is 0 Å². The van der Waals surface area contributed by atoms with E-state index in [1.165, 1.54) is 4.90 Å². The van der Waals surface area contributed by atoms with Crippen molar-refractivity contribution in [2.75, 3.05) is 19.6 Å². The van der Waals surface area contributed by atoms with E-state index in [1.54, 1.807) is 0 Å². The quantitative estimate of drug-likeness (QED) is 0.889. The number of benzene rings is 1. The first-order valence-electron chi connectivity index (χ1n) is 8.01. The van der Waals surface area contributed by atoms with Crippen molar-refractivity contribution >= 4 is 12.1 Å². The molecule has 1 atom stereocenters. The summed E-state index contributed by atoms with van der Waals surface area (Å²) in [6.07, 6.45) is 1.79. The number of amides is 1. The number of aliphatic carboxylic acids is 1. The molecule has 3 rings (SSSR count). The molecule has 1 aromatic carbocycles. The Morgan fingerprint density at radius 2 is 1.96 bits per heavy atom. The second-order valence-corrected chi connectivity index (χ2v) is 6.48. The van der Waals surface area contributed by atoms with Gasteiger partial charge in [0.1, 0.15) is 12.6 Å². The van der Waals surface area contributed by atoms with Gasteiger partial charge in [-0.3, -0.25) is 4.90 Å². The number of rotatable bonds is 3. The van der Waals surface area contributed by atoms with Crippen molar-refractivity contribution in [3.63, 3.8) is 0 Å². The van der Waals surface area contributed by atoms with Crippen molar-refractivity contribution in [3.8, 4) is 0 Å². The SMILES string of the molecule is O=C(O)[C@H]1CC2(CCNCC2)CN1C(=O)OCc1ccccc1. The molecule has 2 saturated heterocycles. The van der Waals surface area contributed by atoms with Crippen molar-refractivity contribution in [2.45, 2.75) is 31.9 Å². The summed E-state index contributed by atoms with van der Waals surface area (Å²) in [7, 11) is 0. The second kappa shape index (κ2) is 6.58. The summed E-state index contributed by atoms with van der Waals surface area (Å²) in [4.78, 5) is 25.3. The van der Waals surface area contributed by atoms with E-state index in [4.69, 9.17) is 4.74 Å². The fraction of sp³-hybridized carbons (Fsp3) is 0.529. The molecule has 0 aliphatic carbocycles. The van der Waals surface area contributed by atoms with Crippen LogP contribution in [0.25, 0.3) is 0 Å². The average molecular weight is 318 g/mol. The smallest absolute Gasteiger partial charge is 0.410 e. The molecule has 23 heavy (non-hydrogen) atoms. The number of carboxylic acids is 1. The highest BCUT2D eigenvalue weighted by molar-refractivity contribution is 5.81. The molecule has 2 heterocycles. The van der Waals surface area contributed by atoms with Crippen molar-refractivity contribution in [1.29, 1.82) is 0 Å². The molecule has 1 spiro atoms. The molecule has 6 nitrogen and oxygen atoms in total. The van der Waals surface area contributed by atoms with Crippen LogP contribution in [0.4, 0.5) is 4.79 Å². The van der Waals surface area contributed by atoms with Crippen LogP contribution >= 0.6 is 0 Å². The molecule has 1 aromatic rings. The van der Waals surface area contributed by atoms with Gasteiger partial charge >= 0.3 is 12.1 Å². The van der Waals surface area contributed by atoms with Gasteiger partial charge in [-0.25, -0.2) is 9.59 Å². The Kier molecular flexibility index (Phi) is 4.52. The van der Waals surface area contributed by atoms with Crippen LogP contribution in [0.5, 0.6) is 0 Å². The molecular weight excluding hydrogens is 296 g/mol. The van der Waals surface area contributed by atoms with E-state index in [-0.39, 0.29) is 12.0 Å². The molecule has 0 radical (unpaired) electrons. The first-order chi connectivity index (χ1) is 11.1. The summed E-state index contributed by atoms with van der Waals surface area (Å²) < 4.78 is 5.33. The molecule has 124 valence electrons. The fourth-order valence-corrected chi connectivity index (χ4v) is 3.59. The van der Waals surface area contributed by atoms with Crippen LogP contribution in [0.2, 0.25) is 0 Å². The Morgan fingerprint density at radius 3 is 2.61 bits per heavy atom. The molecule has 2 fully saturated rings. The second-order valence-electron chi connectivity index (χ2n) is 6.48. The van der Waals surface area contributed by atoms with Crippen molar-refractivity contribution in [1.82, 2.24) is 10.2 Å². The van der Waals surface area contributed by atoms with E-state index in [2.05, 4.69) is 5.32 Å². The monoisotopic (exact) mass is 318 g/mol. The van der Waals surface area contributed by atoms with Gasteiger partial charge in [0.05, 0.1) is 0 Å². The Balaban J connectivity index is 1.66. The summed E-state index contributed by atoms with van der Waals surface area (Å²) >= 11 is 0. The van der Waals surface area contributed by atoms with Gasteiger partial charge in [0.25, 0.3) is 0 Å². The lowest BCUT2D eigenvalue weighted by Crippen LogP contribution is -2.42. The summed E-state index contributed by atoms with van der Waals surface area (Å²) in [5.41, 5.74) is 0.809. The van der Waals surface area contributed by atoms with Crippen LogP contribution in [0, 0.1) is 5.41 Å². The standard InChI is InChI=1S/C17H22N2O4/c20-15(21)14-10-17(6-8-18-9-7-17)12-19(14)16(22)23-11-13-4-2-1-3-5-13/h1-5,14,18H,6-12H2,(H,20,21)/t14-/m1/s1. The minimum Gasteiger partial charge on any atom is -0.480 e. The number of nitrogens with one attached hydrogen (secondary N) is 1. The van der Waals surface area contributed by atoms with Crippen LogP contribution < -0.4 is 5.32 Å². The Hall–Kier alpha value is -2.08. The predicted octanol–water partition coefficient (Wildman–Crippen LogP) is 1.85. The summed E-state index contributed by atoms with van der Waals surface area (Å²) in [5, 5.41) is 12.8. The number of carbonyl (C=O) groups excluding carboxylic acids is 1. The highest BCUT2D eigenvalue weighted by Crippen LogP contribution is 2.42. The lowest BCUT2D eigenvalue weighted by atomic mass is 9.77. The zero-order valence-electron chi connectivity index (χ0n) is 13.0. The number of likely N-dealkylation sites (tertiary alicyclic amines) is 1. The number of carboxylic acid groups (broad SMARTS) is 1. The summed E-state index contributed by atoms with van der Waals surface area (Å²) in [6, 6.07) is 8.62. The predicted molar refractivity (Wildman–Crippen MR) is 83.9 cm³/mol. The molecule has 1 amide bonds. The minimum absolute atomic E-state index is 0.0833. The molecule has 2 N–H and O–H groups in total. The van der Waals surface area contributed by atoms with Crippen LogP contribution in [-0.2, 0) is 16.1 Å². The van der Waals surface area contributed by atoms with Gasteiger partial charge in [-0.1, -0.05) is 30.3 Å². The van der Waals surface area contributed by atoms with Gasteiger partial charge in [-0.05, 0) is 43.3 Å². The molecule has 2 aliphatic rings. The lowest BCUT2D eigenvalue weighted by Gasteiger charge is -2.33. The molecule has 0 bridgehead atoms. The number of ether oxygens (including phenoxy) is 1. The Morgan fingerprint density at radius 1 is 1.26 bits per heavy atom. The maximum absolute atomic E-state index is 12.4. The third kappa shape index (κ3) is 3.47.